The van der Waals surface area contributed by atoms with Crippen LogP contribution in [0.3, 0.4) is 0 Å². The SMILES string of the molecule is CCC1(NC(=O)c2cc(S)ccc2Br)CCC1. The van der Waals surface area contributed by atoms with Crippen LogP contribution in [-0.4, -0.2) is 11.4 Å². The van der Waals surface area contributed by atoms with Crippen molar-refractivity contribution in [1.29, 1.82) is 0 Å². The van der Waals surface area contributed by atoms with Crippen molar-refractivity contribution in [3.8, 4) is 0 Å². The van der Waals surface area contributed by atoms with Crippen LogP contribution in [0.15, 0.2) is 27.6 Å². The van der Waals surface area contributed by atoms with Crippen molar-refractivity contribution in [3.05, 3.63) is 28.2 Å². The van der Waals surface area contributed by atoms with E-state index in [1.165, 1.54) is 6.42 Å². The van der Waals surface area contributed by atoms with Crippen molar-refractivity contribution in [2.45, 2.75) is 43.0 Å². The number of benzene rings is 1. The number of halogens is 1. The van der Waals surface area contributed by atoms with Gasteiger partial charge in [0.05, 0.1) is 5.56 Å². The average Bonchev–Trinajstić information content (AvgIpc) is 2.26. The van der Waals surface area contributed by atoms with E-state index in [1.54, 1.807) is 6.07 Å². The molecule has 92 valence electrons. The molecule has 2 rings (SSSR count). The zero-order chi connectivity index (χ0) is 12.5. The first-order valence-corrected chi connectivity index (χ1v) is 7.11. The highest BCUT2D eigenvalue weighted by molar-refractivity contribution is 9.10. The summed E-state index contributed by atoms with van der Waals surface area (Å²) in [5, 5.41) is 3.16. The highest BCUT2D eigenvalue weighted by Gasteiger charge is 2.36. The van der Waals surface area contributed by atoms with Gasteiger partial charge in [0.2, 0.25) is 0 Å². The van der Waals surface area contributed by atoms with Gasteiger partial charge in [-0.2, -0.15) is 0 Å². The van der Waals surface area contributed by atoms with E-state index in [0.29, 0.717) is 5.56 Å². The fourth-order valence-electron chi connectivity index (χ4n) is 2.17. The lowest BCUT2D eigenvalue weighted by Gasteiger charge is -2.42. The van der Waals surface area contributed by atoms with Crippen molar-refractivity contribution in [1.82, 2.24) is 5.32 Å². The molecule has 0 radical (unpaired) electrons. The molecule has 1 aliphatic rings. The van der Waals surface area contributed by atoms with Gasteiger partial charge in [0.25, 0.3) is 5.91 Å². The number of nitrogens with one attached hydrogen (secondary N) is 1. The van der Waals surface area contributed by atoms with Crippen LogP contribution in [0.25, 0.3) is 0 Å². The number of carbonyl (C=O) groups is 1. The summed E-state index contributed by atoms with van der Waals surface area (Å²) in [6, 6.07) is 5.52. The van der Waals surface area contributed by atoms with E-state index < -0.39 is 0 Å². The molecule has 0 saturated heterocycles. The van der Waals surface area contributed by atoms with Gasteiger partial charge in [0.1, 0.15) is 0 Å². The lowest BCUT2D eigenvalue weighted by Crippen LogP contribution is -2.53. The number of hydrogen-bond donors (Lipinski definition) is 2. The Morgan fingerprint density at radius 2 is 2.24 bits per heavy atom. The third-order valence-corrected chi connectivity index (χ3v) is 4.53. The third kappa shape index (κ3) is 2.68. The molecule has 0 unspecified atom stereocenters. The van der Waals surface area contributed by atoms with E-state index in [-0.39, 0.29) is 11.4 Å². The van der Waals surface area contributed by atoms with Gasteiger partial charge in [-0.15, -0.1) is 12.6 Å². The summed E-state index contributed by atoms with van der Waals surface area (Å²) in [6.07, 6.45) is 4.39. The molecule has 1 aromatic rings. The smallest absolute Gasteiger partial charge is 0.252 e. The van der Waals surface area contributed by atoms with Gasteiger partial charge < -0.3 is 5.32 Å². The topological polar surface area (TPSA) is 29.1 Å². The van der Waals surface area contributed by atoms with E-state index in [0.717, 1.165) is 28.6 Å². The lowest BCUT2D eigenvalue weighted by molar-refractivity contribution is 0.0819. The van der Waals surface area contributed by atoms with Gasteiger partial charge in [0, 0.05) is 14.9 Å². The Hall–Kier alpha value is -0.480. The van der Waals surface area contributed by atoms with Crippen LogP contribution in [0, 0.1) is 0 Å². The molecule has 0 atom stereocenters. The summed E-state index contributed by atoms with van der Waals surface area (Å²) in [4.78, 5) is 13.0. The molecular weight excluding hydrogens is 298 g/mol. The molecule has 1 fully saturated rings. The minimum absolute atomic E-state index is 0.00525. The first-order chi connectivity index (χ1) is 8.06. The van der Waals surface area contributed by atoms with Gasteiger partial charge in [0.15, 0.2) is 0 Å². The number of hydrogen-bond acceptors (Lipinski definition) is 2. The average molecular weight is 314 g/mol. The fraction of sp³-hybridized carbons (Fsp3) is 0.462. The lowest BCUT2D eigenvalue weighted by atomic mass is 9.74. The molecule has 2 nitrogen and oxygen atoms in total. The van der Waals surface area contributed by atoms with Gasteiger partial charge >= 0.3 is 0 Å². The molecule has 0 aliphatic heterocycles. The standard InChI is InChI=1S/C13H16BrNOS/c1-2-13(6-3-7-13)15-12(16)10-8-9(17)4-5-11(10)14/h4-5,8,17H,2-3,6-7H2,1H3,(H,15,16). The Bertz CT molecular complexity index is 438. The maximum atomic E-state index is 12.2. The Kier molecular flexibility index (Phi) is 3.83. The van der Waals surface area contributed by atoms with Crippen molar-refractivity contribution in [3.63, 3.8) is 0 Å². The summed E-state index contributed by atoms with van der Waals surface area (Å²) in [7, 11) is 0. The first kappa shape index (κ1) is 13.0. The van der Waals surface area contributed by atoms with Crippen LogP contribution in [0.5, 0.6) is 0 Å². The number of rotatable bonds is 3. The van der Waals surface area contributed by atoms with Crippen LogP contribution < -0.4 is 5.32 Å². The summed E-state index contributed by atoms with van der Waals surface area (Å²) >= 11 is 7.67. The van der Waals surface area contributed by atoms with Crippen LogP contribution in [0.4, 0.5) is 0 Å². The maximum Gasteiger partial charge on any atom is 0.252 e. The third-order valence-electron chi connectivity index (χ3n) is 3.56. The summed E-state index contributed by atoms with van der Waals surface area (Å²) < 4.78 is 0.818. The number of carbonyl (C=O) groups excluding carboxylic acids is 1. The molecule has 1 aromatic carbocycles. The Morgan fingerprint density at radius 1 is 1.53 bits per heavy atom. The molecule has 0 bridgehead atoms. The van der Waals surface area contributed by atoms with E-state index in [1.807, 2.05) is 12.1 Å². The fourth-order valence-corrected chi connectivity index (χ4v) is 2.80. The zero-order valence-electron chi connectivity index (χ0n) is 9.79. The van der Waals surface area contributed by atoms with Crippen LogP contribution in [-0.2, 0) is 0 Å². The summed E-state index contributed by atoms with van der Waals surface area (Å²) in [6.45, 7) is 2.13. The molecule has 0 heterocycles. The minimum atomic E-state index is -0.00525. The number of thiol groups is 1. The Morgan fingerprint density at radius 3 is 2.76 bits per heavy atom. The predicted octanol–water partition coefficient (Wildman–Crippen LogP) is 3.80. The van der Waals surface area contributed by atoms with E-state index in [9.17, 15) is 4.79 Å². The Labute approximate surface area is 116 Å². The molecule has 1 aliphatic carbocycles. The quantitative estimate of drug-likeness (QED) is 0.817. The first-order valence-electron chi connectivity index (χ1n) is 5.87. The summed E-state index contributed by atoms with van der Waals surface area (Å²) in [5.74, 6) is -0.00525. The number of amides is 1. The molecule has 0 spiro atoms. The van der Waals surface area contributed by atoms with Gasteiger partial charge in [-0.3, -0.25) is 4.79 Å². The molecule has 0 aromatic heterocycles. The van der Waals surface area contributed by atoms with Crippen molar-refractivity contribution in [2.75, 3.05) is 0 Å². The zero-order valence-corrected chi connectivity index (χ0v) is 12.3. The van der Waals surface area contributed by atoms with E-state index in [2.05, 4.69) is 40.8 Å². The molecule has 4 heteroatoms. The van der Waals surface area contributed by atoms with Crippen LogP contribution in [0.2, 0.25) is 0 Å². The molecule has 1 saturated carbocycles. The van der Waals surface area contributed by atoms with Gasteiger partial charge in [-0.25, -0.2) is 0 Å². The van der Waals surface area contributed by atoms with E-state index >= 15 is 0 Å². The molecule has 1 N–H and O–H groups in total. The monoisotopic (exact) mass is 313 g/mol. The van der Waals surface area contributed by atoms with Gasteiger partial charge in [-0.1, -0.05) is 6.92 Å². The van der Waals surface area contributed by atoms with Gasteiger partial charge in [-0.05, 0) is 59.8 Å². The second kappa shape index (κ2) is 5.02. The molecular formula is C13H16BrNOS. The summed E-state index contributed by atoms with van der Waals surface area (Å²) in [5.41, 5.74) is 0.695. The molecule has 17 heavy (non-hydrogen) atoms. The van der Waals surface area contributed by atoms with Crippen LogP contribution >= 0.6 is 28.6 Å². The second-order valence-corrected chi connectivity index (χ2v) is 5.98. The molecule has 1 amide bonds. The maximum absolute atomic E-state index is 12.2. The second-order valence-electron chi connectivity index (χ2n) is 4.61. The van der Waals surface area contributed by atoms with Crippen molar-refractivity contribution >= 4 is 34.5 Å². The largest absolute Gasteiger partial charge is 0.347 e. The van der Waals surface area contributed by atoms with Crippen LogP contribution in [0.1, 0.15) is 43.0 Å². The highest BCUT2D eigenvalue weighted by Crippen LogP contribution is 2.35. The minimum Gasteiger partial charge on any atom is -0.347 e. The highest BCUT2D eigenvalue weighted by atomic mass is 79.9. The van der Waals surface area contributed by atoms with Crippen molar-refractivity contribution < 1.29 is 4.79 Å². The predicted molar refractivity (Wildman–Crippen MR) is 75.7 cm³/mol. The normalized spacial score (nSPS) is 17.4. The van der Waals surface area contributed by atoms with E-state index in [4.69, 9.17) is 0 Å². The van der Waals surface area contributed by atoms with Crippen molar-refractivity contribution in [2.24, 2.45) is 0 Å². The Balaban J connectivity index is 2.17.